The number of carbonyl (C=O) groups excluding carboxylic acids is 1. The summed E-state index contributed by atoms with van der Waals surface area (Å²) in [6, 6.07) is 5.98. The van der Waals surface area contributed by atoms with Crippen molar-refractivity contribution in [2.45, 2.75) is 32.0 Å². The second-order valence-electron chi connectivity index (χ2n) is 8.60. The van der Waals surface area contributed by atoms with Crippen molar-refractivity contribution in [3.8, 4) is 10.6 Å². The van der Waals surface area contributed by atoms with E-state index in [0.29, 0.717) is 36.4 Å². The highest BCUT2D eigenvalue weighted by Crippen LogP contribution is 2.47. The van der Waals surface area contributed by atoms with Gasteiger partial charge in [-0.05, 0) is 55.9 Å². The second-order valence-corrected chi connectivity index (χ2v) is 9.49. The van der Waals surface area contributed by atoms with Gasteiger partial charge in [0.05, 0.1) is 5.56 Å². The van der Waals surface area contributed by atoms with E-state index in [1.54, 1.807) is 6.20 Å². The van der Waals surface area contributed by atoms with Crippen molar-refractivity contribution >= 4 is 23.1 Å². The molecule has 1 aliphatic heterocycles. The molecule has 2 aliphatic rings. The Morgan fingerprint density at radius 1 is 1.18 bits per heavy atom. The number of piperidine rings is 1. The zero-order valence-corrected chi connectivity index (χ0v) is 18.7. The van der Waals surface area contributed by atoms with Crippen LogP contribution in [0.25, 0.3) is 10.6 Å². The van der Waals surface area contributed by atoms with Crippen molar-refractivity contribution < 1.29 is 18.0 Å². The van der Waals surface area contributed by atoms with Gasteiger partial charge in [0.1, 0.15) is 16.5 Å². The maximum atomic E-state index is 13.7. The molecule has 33 heavy (non-hydrogen) atoms. The molecule has 0 aromatic carbocycles. The number of amides is 1. The Balaban J connectivity index is 1.36. The number of aryl methyl sites for hydroxylation is 1. The molecule has 4 heterocycles. The molecule has 1 N–H and O–H groups in total. The number of rotatable bonds is 5. The minimum absolute atomic E-state index is 0.100. The molecule has 0 bridgehead atoms. The fourth-order valence-electron chi connectivity index (χ4n) is 4.42. The molecule has 1 saturated heterocycles. The van der Waals surface area contributed by atoms with Crippen LogP contribution in [0.2, 0.25) is 0 Å². The van der Waals surface area contributed by atoms with Gasteiger partial charge in [0.15, 0.2) is 0 Å². The smallest absolute Gasteiger partial charge is 0.368 e. The molecule has 172 valence electrons. The van der Waals surface area contributed by atoms with E-state index in [4.69, 9.17) is 0 Å². The first-order valence-electron chi connectivity index (χ1n) is 10.7. The molecule has 3 aromatic heterocycles. The van der Waals surface area contributed by atoms with E-state index in [1.165, 1.54) is 17.4 Å². The predicted octanol–water partition coefficient (Wildman–Crippen LogP) is 4.89. The molecular formula is C23H22F3N5OS. The first-order chi connectivity index (χ1) is 15.8. The van der Waals surface area contributed by atoms with E-state index >= 15 is 0 Å². The number of fused-ring (bicyclic) bond motifs is 1. The van der Waals surface area contributed by atoms with Crippen molar-refractivity contribution in [1.82, 2.24) is 19.9 Å². The summed E-state index contributed by atoms with van der Waals surface area (Å²) in [5, 5.41) is 5.73. The van der Waals surface area contributed by atoms with E-state index in [2.05, 4.69) is 20.3 Å². The fraction of sp³-hybridized carbons (Fsp3) is 0.391. The van der Waals surface area contributed by atoms with Gasteiger partial charge in [-0.2, -0.15) is 13.2 Å². The maximum Gasteiger partial charge on any atom is 0.417 e. The average Bonchev–Trinajstić information content (AvgIpc) is 3.34. The topological polar surface area (TPSA) is 71.0 Å². The molecule has 3 aromatic rings. The zero-order chi connectivity index (χ0) is 23.2. The van der Waals surface area contributed by atoms with E-state index < -0.39 is 11.7 Å². The van der Waals surface area contributed by atoms with Crippen LogP contribution in [-0.4, -0.2) is 44.9 Å². The van der Waals surface area contributed by atoms with Gasteiger partial charge in [0.25, 0.3) is 5.91 Å². The van der Waals surface area contributed by atoms with Crippen molar-refractivity contribution in [3.05, 3.63) is 59.0 Å². The zero-order valence-electron chi connectivity index (χ0n) is 17.8. The van der Waals surface area contributed by atoms with Gasteiger partial charge >= 0.3 is 6.18 Å². The third kappa shape index (κ3) is 4.57. The normalized spacial score (nSPS) is 22.1. The Hall–Kier alpha value is -3.01. The highest BCUT2D eigenvalue weighted by Gasteiger charge is 2.47. The van der Waals surface area contributed by atoms with Gasteiger partial charge in [-0.1, -0.05) is 0 Å². The summed E-state index contributed by atoms with van der Waals surface area (Å²) in [5.74, 6) is 1.31. The number of hydrogen-bond donors (Lipinski definition) is 1. The van der Waals surface area contributed by atoms with E-state index in [0.717, 1.165) is 41.4 Å². The molecule has 6 nitrogen and oxygen atoms in total. The van der Waals surface area contributed by atoms with Crippen LogP contribution in [0.15, 0.2) is 42.0 Å². The summed E-state index contributed by atoms with van der Waals surface area (Å²) in [6.45, 7) is 2.92. The number of anilines is 1. The molecule has 10 heteroatoms. The maximum absolute atomic E-state index is 13.7. The Morgan fingerprint density at radius 3 is 2.73 bits per heavy atom. The van der Waals surface area contributed by atoms with E-state index in [-0.39, 0.29) is 11.9 Å². The largest absolute Gasteiger partial charge is 0.417 e. The summed E-state index contributed by atoms with van der Waals surface area (Å²) < 4.78 is 38.4. The third-order valence-electron chi connectivity index (χ3n) is 6.29. The Bertz CT molecular complexity index is 1150. The number of alkyl halides is 3. The fourth-order valence-corrected chi connectivity index (χ4v) is 5.08. The SMILES string of the molecule is Cc1ccc(-c2nccs2)c(C(=O)N2C[C@@H]3C[C@@H]3CC2CNc2ccc(C(F)(F)F)cn2)n1. The molecular weight excluding hydrogens is 451 g/mol. The number of aromatic nitrogens is 3. The lowest BCUT2D eigenvalue weighted by atomic mass is 10.0. The summed E-state index contributed by atoms with van der Waals surface area (Å²) in [6.07, 6.45) is 0.0461. The lowest BCUT2D eigenvalue weighted by Gasteiger charge is -2.36. The lowest BCUT2D eigenvalue weighted by Crippen LogP contribution is -2.48. The van der Waals surface area contributed by atoms with Crippen LogP contribution in [-0.2, 0) is 6.18 Å². The monoisotopic (exact) mass is 473 g/mol. The summed E-state index contributed by atoms with van der Waals surface area (Å²) in [7, 11) is 0. The number of thiazole rings is 1. The molecule has 3 atom stereocenters. The van der Waals surface area contributed by atoms with E-state index in [9.17, 15) is 18.0 Å². The molecule has 5 rings (SSSR count). The van der Waals surface area contributed by atoms with Crippen molar-refractivity contribution in [2.75, 3.05) is 18.4 Å². The number of nitrogens with one attached hydrogen (secondary N) is 1. The Morgan fingerprint density at radius 2 is 2.03 bits per heavy atom. The van der Waals surface area contributed by atoms with Crippen molar-refractivity contribution in [1.29, 1.82) is 0 Å². The second kappa shape index (κ2) is 8.40. The first kappa shape index (κ1) is 21.8. The Labute approximate surface area is 192 Å². The van der Waals surface area contributed by atoms with E-state index in [1.807, 2.05) is 29.3 Å². The molecule has 1 saturated carbocycles. The summed E-state index contributed by atoms with van der Waals surface area (Å²) in [4.78, 5) is 28.4. The van der Waals surface area contributed by atoms with Gasteiger partial charge in [0.2, 0.25) is 0 Å². The summed E-state index contributed by atoms with van der Waals surface area (Å²) >= 11 is 1.46. The average molecular weight is 474 g/mol. The molecule has 1 unspecified atom stereocenters. The minimum atomic E-state index is -4.42. The number of carbonyl (C=O) groups is 1. The van der Waals surface area contributed by atoms with Crippen LogP contribution in [0.1, 0.15) is 34.6 Å². The molecule has 2 fully saturated rings. The molecule has 0 spiro atoms. The molecule has 0 radical (unpaired) electrons. The number of halogens is 3. The van der Waals surface area contributed by atoms with Gasteiger partial charge < -0.3 is 10.2 Å². The minimum Gasteiger partial charge on any atom is -0.368 e. The number of nitrogens with zero attached hydrogens (tertiary/aromatic N) is 4. The highest BCUT2D eigenvalue weighted by molar-refractivity contribution is 7.13. The van der Waals surface area contributed by atoms with Crippen LogP contribution in [0.5, 0.6) is 0 Å². The van der Waals surface area contributed by atoms with Gasteiger partial charge in [-0.3, -0.25) is 4.79 Å². The molecule has 1 aliphatic carbocycles. The number of pyridine rings is 2. The van der Waals surface area contributed by atoms with Gasteiger partial charge in [-0.25, -0.2) is 15.0 Å². The van der Waals surface area contributed by atoms with Crippen LogP contribution in [0.4, 0.5) is 19.0 Å². The number of likely N-dealkylation sites (tertiary alicyclic amines) is 1. The van der Waals surface area contributed by atoms with Crippen molar-refractivity contribution in [2.24, 2.45) is 11.8 Å². The molecule has 1 amide bonds. The van der Waals surface area contributed by atoms with Crippen LogP contribution in [0.3, 0.4) is 0 Å². The Kier molecular flexibility index (Phi) is 5.55. The first-order valence-corrected chi connectivity index (χ1v) is 11.6. The summed E-state index contributed by atoms with van der Waals surface area (Å²) in [5.41, 5.74) is 1.07. The van der Waals surface area contributed by atoms with Crippen LogP contribution < -0.4 is 5.32 Å². The van der Waals surface area contributed by atoms with Gasteiger partial charge in [-0.15, -0.1) is 11.3 Å². The number of hydrogen-bond acceptors (Lipinski definition) is 6. The van der Waals surface area contributed by atoms with Crippen LogP contribution >= 0.6 is 11.3 Å². The lowest BCUT2D eigenvalue weighted by molar-refractivity contribution is -0.137. The van der Waals surface area contributed by atoms with Gasteiger partial charge in [0, 0.05) is 48.2 Å². The predicted molar refractivity (Wildman–Crippen MR) is 119 cm³/mol. The highest BCUT2D eigenvalue weighted by atomic mass is 32.1. The standard InChI is InChI=1S/C23H22F3N5OS/c1-13-2-4-18(21-27-6-7-33-21)20(30-13)22(32)31-12-15-8-14(15)9-17(31)11-29-19-5-3-16(10-28-19)23(24,25)26/h2-7,10,14-15,17H,8-9,11-12H2,1H3,(H,28,29)/t14-,15+,17?/m1/s1. The third-order valence-corrected chi connectivity index (χ3v) is 7.09. The van der Waals surface area contributed by atoms with Crippen molar-refractivity contribution in [3.63, 3.8) is 0 Å². The van der Waals surface area contributed by atoms with Crippen LogP contribution in [0, 0.1) is 18.8 Å². The quantitative estimate of drug-likeness (QED) is 0.571.